The van der Waals surface area contributed by atoms with Gasteiger partial charge in [0.25, 0.3) is 0 Å². The number of hydrogen-bond acceptors (Lipinski definition) is 2. The summed E-state index contributed by atoms with van der Waals surface area (Å²) in [6.07, 6.45) is 0. The summed E-state index contributed by atoms with van der Waals surface area (Å²) in [5.41, 5.74) is 0. The molecule has 1 rings (SSSR count). The van der Waals surface area contributed by atoms with Crippen LogP contribution in [0.4, 0.5) is 4.79 Å². The van der Waals surface area contributed by atoms with Crippen LogP contribution in [0.1, 0.15) is 0 Å². The van der Waals surface area contributed by atoms with Crippen LogP contribution in [0.5, 0.6) is 5.75 Å². The molecule has 1 aromatic rings. The Kier molecular flexibility index (Phi) is 2.94. The number of carbonyl (C=O) groups excluding carboxylic acids is 1. The van der Waals surface area contributed by atoms with Crippen molar-refractivity contribution < 1.29 is 9.53 Å². The summed E-state index contributed by atoms with van der Waals surface area (Å²) in [5, 5.41) is 0.616. The van der Waals surface area contributed by atoms with E-state index in [4.69, 9.17) is 16.3 Å². The second-order valence-electron chi connectivity index (χ2n) is 1.81. The third-order valence-electron chi connectivity index (χ3n) is 1.01. The minimum atomic E-state index is -0.452. The Morgan fingerprint density at radius 3 is 2.36 bits per heavy atom. The van der Waals surface area contributed by atoms with Crippen molar-refractivity contribution in [2.45, 2.75) is 0 Å². The van der Waals surface area contributed by atoms with Gasteiger partial charge in [-0.1, -0.05) is 0 Å². The van der Waals surface area contributed by atoms with Gasteiger partial charge in [0.2, 0.25) is 0 Å². The van der Waals surface area contributed by atoms with E-state index in [1.165, 1.54) is 0 Å². The van der Waals surface area contributed by atoms with Gasteiger partial charge in [0.15, 0.2) is 0 Å². The van der Waals surface area contributed by atoms with E-state index in [1.807, 2.05) is 0 Å². The van der Waals surface area contributed by atoms with Gasteiger partial charge in [-0.15, -0.1) is 0 Å². The maximum absolute atomic E-state index is 10.4. The van der Waals surface area contributed by atoms with E-state index in [0.29, 0.717) is 10.8 Å². The molecule has 0 N–H and O–H groups in total. The van der Waals surface area contributed by atoms with Gasteiger partial charge in [0.05, 0.1) is 0 Å². The van der Waals surface area contributed by atoms with Crippen molar-refractivity contribution in [1.82, 2.24) is 0 Å². The summed E-state index contributed by atoms with van der Waals surface area (Å²) in [4.78, 5) is 9.94. The predicted octanol–water partition coefficient (Wildman–Crippen LogP) is 2.01. The van der Waals surface area contributed by atoms with Crippen LogP contribution in [0.15, 0.2) is 24.3 Å². The molecule has 1 radical (unpaired) electrons. The minimum absolute atomic E-state index is 0.452. The van der Waals surface area contributed by atoms with Crippen molar-refractivity contribution in [3.05, 3.63) is 29.3 Å². The van der Waals surface area contributed by atoms with Gasteiger partial charge >= 0.3 is 77.1 Å². The van der Waals surface area contributed by atoms with Gasteiger partial charge in [0, 0.05) is 0 Å². The van der Waals surface area contributed by atoms with Crippen LogP contribution in [-0.4, -0.2) is 20.9 Å². The Hall–Kier alpha value is -0.501. The van der Waals surface area contributed by atoms with Gasteiger partial charge < -0.3 is 0 Å². The molecule has 0 heterocycles. The van der Waals surface area contributed by atoms with Gasteiger partial charge in [-0.05, 0) is 0 Å². The Morgan fingerprint density at radius 2 is 1.91 bits per heavy atom. The molecule has 0 saturated carbocycles. The van der Waals surface area contributed by atoms with E-state index in [2.05, 4.69) is 16.0 Å². The van der Waals surface area contributed by atoms with Gasteiger partial charge in [-0.3, -0.25) is 0 Å². The molecule has 2 nitrogen and oxygen atoms in total. The number of benzene rings is 1. The molecule has 0 spiro atoms. The molecule has 0 unspecified atom stereocenters. The maximum atomic E-state index is 10.4. The first kappa shape index (κ1) is 8.59. The number of rotatable bonds is 1. The number of carbonyl (C=O) groups is 1. The van der Waals surface area contributed by atoms with E-state index in [9.17, 15) is 4.79 Å². The fourth-order valence-electron chi connectivity index (χ4n) is 0.599. The van der Waals surface area contributed by atoms with Gasteiger partial charge in [0.1, 0.15) is 0 Å². The molecule has 0 aliphatic heterocycles. The molecule has 0 aliphatic carbocycles. The molecule has 0 bridgehead atoms. The summed E-state index contributed by atoms with van der Waals surface area (Å²) in [6, 6.07) is 6.55. The van der Waals surface area contributed by atoms with Crippen LogP contribution in [0.25, 0.3) is 0 Å². The van der Waals surface area contributed by atoms with Crippen LogP contribution in [0, 0.1) is 0 Å². The molecule has 0 atom stereocenters. The third-order valence-corrected chi connectivity index (χ3v) is 1.44. The summed E-state index contributed by atoms with van der Waals surface area (Å²) < 4.78 is 4.72. The van der Waals surface area contributed by atoms with Crippen molar-refractivity contribution in [2.24, 2.45) is 0 Å². The Morgan fingerprint density at radius 1 is 1.36 bits per heavy atom. The molecule has 1 aromatic carbocycles. The van der Waals surface area contributed by atoms with Crippen molar-refractivity contribution >= 4 is 32.5 Å². The second-order valence-corrected chi connectivity index (χ2v) is 2.94. The molecule has 0 fully saturated rings. The first-order chi connectivity index (χ1) is 5.18. The van der Waals surface area contributed by atoms with Crippen molar-refractivity contribution in [3.8, 4) is 5.75 Å². The van der Waals surface area contributed by atoms with Crippen molar-refractivity contribution in [1.29, 1.82) is 0 Å². The van der Waals surface area contributed by atoms with Crippen LogP contribution in [0.3, 0.4) is 0 Å². The van der Waals surface area contributed by atoms with E-state index in [0.717, 1.165) is 0 Å². The zero-order valence-electron chi connectivity index (χ0n) is 5.41. The van der Waals surface area contributed by atoms with E-state index in [1.54, 1.807) is 24.3 Å². The van der Waals surface area contributed by atoms with Gasteiger partial charge in [-0.25, -0.2) is 0 Å². The molecule has 0 saturated heterocycles. The molecule has 4 heteroatoms. The second kappa shape index (κ2) is 3.77. The van der Waals surface area contributed by atoms with Crippen molar-refractivity contribution in [2.75, 3.05) is 0 Å². The predicted molar refractivity (Wildman–Crippen MR) is 43.2 cm³/mol. The monoisotopic (exact) mass is 235 g/mol. The number of halogens is 1. The molecule has 0 aliphatic rings. The van der Waals surface area contributed by atoms with Crippen LogP contribution in [0.2, 0.25) is 5.02 Å². The first-order valence-electron chi connectivity index (χ1n) is 2.83. The molecular weight excluding hydrogens is 230 g/mol. The van der Waals surface area contributed by atoms with E-state index in [-0.39, 0.29) is 0 Å². The van der Waals surface area contributed by atoms with E-state index >= 15 is 0 Å². The van der Waals surface area contributed by atoms with Gasteiger partial charge in [-0.2, -0.15) is 0 Å². The zero-order chi connectivity index (χ0) is 8.27. The Bertz CT molecular complexity index is 258. The number of hydrogen-bond donors (Lipinski definition) is 0. The van der Waals surface area contributed by atoms with Crippen LogP contribution >= 0.6 is 11.6 Å². The van der Waals surface area contributed by atoms with Crippen molar-refractivity contribution in [3.63, 3.8) is 0 Å². The Labute approximate surface area is 77.3 Å². The third kappa shape index (κ3) is 2.93. The molecular formula is C7H4ClO2Se. The fraction of sp³-hybridized carbons (Fsp3) is 0. The Balaban J connectivity index is 2.74. The SMILES string of the molecule is O=C([Se])Oc1ccc(Cl)cc1. The topological polar surface area (TPSA) is 26.3 Å². The molecule has 0 aromatic heterocycles. The zero-order valence-corrected chi connectivity index (χ0v) is 7.88. The van der Waals surface area contributed by atoms with Crippen LogP contribution in [-0.2, 0) is 0 Å². The normalized spacial score (nSPS) is 9.18. The fourth-order valence-corrected chi connectivity index (χ4v) is 0.927. The molecule has 11 heavy (non-hydrogen) atoms. The summed E-state index contributed by atoms with van der Waals surface area (Å²) in [5.74, 6) is 0.484. The number of ether oxygens (including phenoxy) is 1. The first-order valence-corrected chi connectivity index (χ1v) is 4.06. The standard InChI is InChI=1S/C7H4ClO2Se/c8-5-1-3-6(4-2-5)10-7(9)11/h1-4H. The summed E-state index contributed by atoms with van der Waals surface area (Å²) in [6.45, 7) is 0. The summed E-state index contributed by atoms with van der Waals surface area (Å²) in [7, 11) is 0. The average Bonchev–Trinajstić information content (AvgIpc) is 1.93. The quantitative estimate of drug-likeness (QED) is 0.695. The summed E-state index contributed by atoms with van der Waals surface area (Å²) >= 11 is 7.81. The molecule has 0 amide bonds. The average molecular weight is 235 g/mol. The molecule has 57 valence electrons. The van der Waals surface area contributed by atoms with Crippen LogP contribution < -0.4 is 4.74 Å². The van der Waals surface area contributed by atoms with E-state index < -0.39 is 4.87 Å².